The van der Waals surface area contributed by atoms with E-state index in [4.69, 9.17) is 16.0 Å². The van der Waals surface area contributed by atoms with Gasteiger partial charge in [0.1, 0.15) is 5.76 Å². The number of furan rings is 1. The van der Waals surface area contributed by atoms with Crippen molar-refractivity contribution in [1.29, 1.82) is 0 Å². The molecule has 1 aromatic heterocycles. The number of amidine groups is 1. The van der Waals surface area contributed by atoms with E-state index in [1.165, 1.54) is 31.0 Å². The number of thioether (sulfide) groups is 1. The second kappa shape index (κ2) is 7.82. The first kappa shape index (κ1) is 18.2. The number of nitrogens with one attached hydrogen (secondary N) is 1. The highest BCUT2D eigenvalue weighted by atomic mass is 35.5. The number of anilines is 1. The van der Waals surface area contributed by atoms with Crippen LogP contribution in [0.3, 0.4) is 0 Å². The van der Waals surface area contributed by atoms with Crippen molar-refractivity contribution in [3.05, 3.63) is 51.6 Å². The molecule has 2 saturated heterocycles. The Balaban J connectivity index is 1.51. The first-order valence-electron chi connectivity index (χ1n) is 8.99. The van der Waals surface area contributed by atoms with Gasteiger partial charge in [-0.2, -0.15) is 0 Å². The first-order chi connectivity index (χ1) is 13.1. The van der Waals surface area contributed by atoms with Crippen LogP contribution in [0.1, 0.15) is 30.6 Å². The summed E-state index contributed by atoms with van der Waals surface area (Å²) >= 11 is 7.34. The molecule has 0 bridgehead atoms. The lowest BCUT2D eigenvalue weighted by Gasteiger charge is -2.25. The molecule has 1 N–H and O–H groups in total. The van der Waals surface area contributed by atoms with Gasteiger partial charge in [-0.1, -0.05) is 17.7 Å². The molecule has 7 heteroatoms. The van der Waals surface area contributed by atoms with Gasteiger partial charge in [-0.05, 0) is 61.7 Å². The summed E-state index contributed by atoms with van der Waals surface area (Å²) < 4.78 is 5.92. The Labute approximate surface area is 167 Å². The van der Waals surface area contributed by atoms with E-state index in [0.29, 0.717) is 20.9 Å². The molecule has 2 fully saturated rings. The molecule has 0 aliphatic carbocycles. The number of carbonyl (C=O) groups is 1. The smallest absolute Gasteiger partial charge is 0.264 e. The summed E-state index contributed by atoms with van der Waals surface area (Å²) in [5, 5.41) is 3.96. The molecule has 0 spiro atoms. The number of piperidine rings is 1. The molecule has 2 aromatic rings. The number of halogens is 1. The number of amides is 1. The second-order valence-corrected chi connectivity index (χ2v) is 8.10. The third-order valence-electron chi connectivity index (χ3n) is 4.60. The standard InChI is InChI=1S/C20H20ClN3O2S/c1-13-5-6-14(21)11-16(13)22-20-23-19(25)17(27-20)12-15-7-8-18(26-15)24-9-3-2-4-10-24/h5-8,11-12H,2-4,9-10H2,1H3,(H,22,23,25)/b17-12-. The fraction of sp³-hybridized carbons (Fsp3) is 0.300. The predicted octanol–water partition coefficient (Wildman–Crippen LogP) is 5.12. The van der Waals surface area contributed by atoms with E-state index in [0.717, 1.165) is 30.2 Å². The number of nitrogens with zero attached hydrogens (tertiary/aromatic N) is 2. The molecule has 1 amide bonds. The maximum atomic E-state index is 12.3. The van der Waals surface area contributed by atoms with Gasteiger partial charge in [0.15, 0.2) is 11.1 Å². The summed E-state index contributed by atoms with van der Waals surface area (Å²) in [6.45, 7) is 4.00. The maximum absolute atomic E-state index is 12.3. The van der Waals surface area contributed by atoms with Gasteiger partial charge in [-0.15, -0.1) is 0 Å². The molecular formula is C20H20ClN3O2S. The van der Waals surface area contributed by atoms with Crippen molar-refractivity contribution < 1.29 is 9.21 Å². The number of hydrogen-bond acceptors (Lipinski definition) is 5. The molecular weight excluding hydrogens is 382 g/mol. The minimum absolute atomic E-state index is 0.172. The molecule has 1 aromatic carbocycles. The van der Waals surface area contributed by atoms with Crippen LogP contribution in [0.4, 0.5) is 11.6 Å². The Hall–Kier alpha value is -2.18. The van der Waals surface area contributed by atoms with E-state index in [-0.39, 0.29) is 5.91 Å². The zero-order valence-corrected chi connectivity index (χ0v) is 16.6. The van der Waals surface area contributed by atoms with Crippen molar-refractivity contribution in [2.45, 2.75) is 26.2 Å². The molecule has 0 radical (unpaired) electrons. The van der Waals surface area contributed by atoms with Gasteiger partial charge in [0.2, 0.25) is 0 Å². The molecule has 5 nitrogen and oxygen atoms in total. The zero-order chi connectivity index (χ0) is 18.8. The average molecular weight is 402 g/mol. The zero-order valence-electron chi connectivity index (χ0n) is 15.0. The van der Waals surface area contributed by atoms with Gasteiger partial charge in [0.05, 0.1) is 10.6 Å². The highest BCUT2D eigenvalue weighted by molar-refractivity contribution is 8.18. The Bertz CT molecular complexity index is 929. The SMILES string of the molecule is Cc1ccc(Cl)cc1N=C1NC(=O)/C(=C/c2ccc(N3CCCCC3)o2)S1. The fourth-order valence-electron chi connectivity index (χ4n) is 3.13. The summed E-state index contributed by atoms with van der Waals surface area (Å²) in [6.07, 6.45) is 5.43. The van der Waals surface area contributed by atoms with Crippen molar-refractivity contribution in [2.24, 2.45) is 4.99 Å². The van der Waals surface area contributed by atoms with Gasteiger partial charge in [0, 0.05) is 30.3 Å². The molecule has 27 heavy (non-hydrogen) atoms. The number of aliphatic imine (C=N–C) groups is 1. The molecule has 0 unspecified atom stereocenters. The number of rotatable bonds is 3. The van der Waals surface area contributed by atoms with Crippen molar-refractivity contribution >= 4 is 52.1 Å². The lowest BCUT2D eigenvalue weighted by molar-refractivity contribution is -0.115. The highest BCUT2D eigenvalue weighted by Gasteiger charge is 2.25. The molecule has 140 valence electrons. The normalized spacial score (nSPS) is 20.5. The summed E-state index contributed by atoms with van der Waals surface area (Å²) in [4.78, 5) is 19.6. The molecule has 0 atom stereocenters. The van der Waals surface area contributed by atoms with Crippen LogP contribution in [0, 0.1) is 6.92 Å². The lowest BCUT2D eigenvalue weighted by Crippen LogP contribution is -2.28. The van der Waals surface area contributed by atoms with Gasteiger partial charge in [-0.25, -0.2) is 4.99 Å². The van der Waals surface area contributed by atoms with Crippen LogP contribution in [0.15, 0.2) is 44.6 Å². The predicted molar refractivity (Wildman–Crippen MR) is 112 cm³/mol. The van der Waals surface area contributed by atoms with Crippen LogP contribution in [-0.2, 0) is 4.79 Å². The van der Waals surface area contributed by atoms with Crippen LogP contribution in [0.25, 0.3) is 6.08 Å². The minimum atomic E-state index is -0.172. The van der Waals surface area contributed by atoms with E-state index < -0.39 is 0 Å². The van der Waals surface area contributed by atoms with Crippen molar-refractivity contribution in [2.75, 3.05) is 18.0 Å². The van der Waals surface area contributed by atoms with E-state index >= 15 is 0 Å². The van der Waals surface area contributed by atoms with Crippen molar-refractivity contribution in [1.82, 2.24) is 5.32 Å². The van der Waals surface area contributed by atoms with Gasteiger partial charge < -0.3 is 14.6 Å². The van der Waals surface area contributed by atoms with Crippen LogP contribution in [0.2, 0.25) is 5.02 Å². The van der Waals surface area contributed by atoms with Gasteiger partial charge in [-0.3, -0.25) is 4.79 Å². The van der Waals surface area contributed by atoms with Crippen molar-refractivity contribution in [3.8, 4) is 0 Å². The Morgan fingerprint density at radius 3 is 2.85 bits per heavy atom. The Morgan fingerprint density at radius 1 is 1.22 bits per heavy atom. The maximum Gasteiger partial charge on any atom is 0.264 e. The van der Waals surface area contributed by atoms with E-state index in [1.54, 1.807) is 12.1 Å². The molecule has 4 rings (SSSR count). The van der Waals surface area contributed by atoms with E-state index in [9.17, 15) is 4.79 Å². The van der Waals surface area contributed by atoms with Crippen LogP contribution in [-0.4, -0.2) is 24.2 Å². The van der Waals surface area contributed by atoms with E-state index in [2.05, 4.69) is 15.2 Å². The summed E-state index contributed by atoms with van der Waals surface area (Å²) in [5.74, 6) is 1.37. The van der Waals surface area contributed by atoms with Crippen LogP contribution < -0.4 is 10.2 Å². The molecule has 2 aliphatic rings. The van der Waals surface area contributed by atoms with Crippen LogP contribution in [0.5, 0.6) is 0 Å². The average Bonchev–Trinajstić information content (AvgIpc) is 3.26. The fourth-order valence-corrected chi connectivity index (χ4v) is 4.11. The Morgan fingerprint density at radius 2 is 2.04 bits per heavy atom. The molecule has 2 aliphatic heterocycles. The topological polar surface area (TPSA) is 57.8 Å². The quantitative estimate of drug-likeness (QED) is 0.725. The summed E-state index contributed by atoms with van der Waals surface area (Å²) in [5.41, 5.74) is 1.74. The van der Waals surface area contributed by atoms with Gasteiger partial charge >= 0.3 is 0 Å². The monoisotopic (exact) mass is 401 g/mol. The summed E-state index contributed by atoms with van der Waals surface area (Å²) in [6, 6.07) is 9.39. The third kappa shape index (κ3) is 4.22. The Kier molecular flexibility index (Phi) is 5.27. The highest BCUT2D eigenvalue weighted by Crippen LogP contribution is 2.31. The third-order valence-corrected chi connectivity index (χ3v) is 5.74. The van der Waals surface area contributed by atoms with Gasteiger partial charge in [0.25, 0.3) is 5.91 Å². The number of aryl methyl sites for hydroxylation is 1. The van der Waals surface area contributed by atoms with Crippen LogP contribution >= 0.6 is 23.4 Å². The van der Waals surface area contributed by atoms with E-state index in [1.807, 2.05) is 31.2 Å². The first-order valence-corrected chi connectivity index (χ1v) is 10.2. The molecule has 0 saturated carbocycles. The second-order valence-electron chi connectivity index (χ2n) is 6.64. The number of benzene rings is 1. The summed E-state index contributed by atoms with van der Waals surface area (Å²) in [7, 11) is 0. The largest absolute Gasteiger partial charge is 0.441 e. The number of carbonyl (C=O) groups excluding carboxylic acids is 1. The molecule has 3 heterocycles. The lowest BCUT2D eigenvalue weighted by atomic mass is 10.1. The number of hydrogen-bond donors (Lipinski definition) is 1. The minimum Gasteiger partial charge on any atom is -0.441 e. The van der Waals surface area contributed by atoms with Crippen molar-refractivity contribution in [3.63, 3.8) is 0 Å².